The summed E-state index contributed by atoms with van der Waals surface area (Å²) in [5.74, 6) is 0. The number of nitrogens with one attached hydrogen (secondary N) is 1. The van der Waals surface area contributed by atoms with Crippen LogP contribution in [0.25, 0.3) is 0 Å². The van der Waals surface area contributed by atoms with Crippen molar-refractivity contribution in [1.29, 1.82) is 0 Å². The maximum atomic E-state index is 6.05. The number of unbranched alkanes of at least 4 members (excludes halogenated alkanes) is 1. The molecule has 1 aromatic rings. The molecule has 1 aliphatic heterocycles. The summed E-state index contributed by atoms with van der Waals surface area (Å²) in [6, 6.07) is 9.31. The van der Waals surface area contributed by atoms with E-state index in [9.17, 15) is 0 Å². The molecule has 2 nitrogen and oxygen atoms in total. The van der Waals surface area contributed by atoms with Crippen LogP contribution < -0.4 is 5.32 Å². The Kier molecular flexibility index (Phi) is 4.64. The lowest BCUT2D eigenvalue weighted by Gasteiger charge is -2.41. The number of hydrogen-bond acceptors (Lipinski definition) is 2. The van der Waals surface area contributed by atoms with Crippen LogP contribution in [0.1, 0.15) is 57.8 Å². The highest BCUT2D eigenvalue weighted by atomic mass is 16.5. The topological polar surface area (TPSA) is 21.3 Å². The molecule has 0 amide bonds. The van der Waals surface area contributed by atoms with Gasteiger partial charge < -0.3 is 10.1 Å². The third kappa shape index (κ3) is 3.80. The summed E-state index contributed by atoms with van der Waals surface area (Å²) >= 11 is 0. The first-order valence-corrected chi connectivity index (χ1v) is 7.50. The quantitative estimate of drug-likeness (QED) is 0.888. The highest BCUT2D eigenvalue weighted by molar-refractivity contribution is 5.26. The summed E-state index contributed by atoms with van der Waals surface area (Å²) in [6.45, 7) is 9.58. The largest absolute Gasteiger partial charge is 0.370 e. The van der Waals surface area contributed by atoms with Gasteiger partial charge in [-0.15, -0.1) is 0 Å². The lowest BCUT2D eigenvalue weighted by molar-refractivity contribution is -0.0495. The van der Waals surface area contributed by atoms with Crippen molar-refractivity contribution >= 4 is 0 Å². The van der Waals surface area contributed by atoms with Crippen LogP contribution in [0.3, 0.4) is 0 Å². The van der Waals surface area contributed by atoms with E-state index in [1.165, 1.54) is 30.4 Å². The third-order valence-electron chi connectivity index (χ3n) is 3.82. The van der Waals surface area contributed by atoms with Gasteiger partial charge in [-0.1, -0.05) is 37.6 Å². The molecule has 0 aromatic heterocycles. The molecule has 0 aliphatic carbocycles. The molecular weight excluding hydrogens is 234 g/mol. The first-order valence-electron chi connectivity index (χ1n) is 7.50. The molecule has 1 saturated heterocycles. The Morgan fingerprint density at radius 2 is 1.95 bits per heavy atom. The molecule has 0 spiro atoms. The van der Waals surface area contributed by atoms with Gasteiger partial charge in [-0.3, -0.25) is 0 Å². The van der Waals surface area contributed by atoms with Crippen molar-refractivity contribution in [3.63, 3.8) is 0 Å². The molecule has 2 heteroatoms. The molecule has 19 heavy (non-hydrogen) atoms. The molecule has 106 valence electrons. The lowest BCUT2D eigenvalue weighted by Crippen LogP contribution is -2.55. The number of benzene rings is 1. The van der Waals surface area contributed by atoms with Gasteiger partial charge in [0.1, 0.15) is 0 Å². The zero-order valence-electron chi connectivity index (χ0n) is 12.7. The predicted octanol–water partition coefficient (Wildman–Crippen LogP) is 3.86. The minimum atomic E-state index is 0.0803. The highest BCUT2D eigenvalue weighted by Crippen LogP contribution is 2.28. The Morgan fingerprint density at radius 1 is 1.26 bits per heavy atom. The first kappa shape index (κ1) is 14.5. The second-order valence-corrected chi connectivity index (χ2v) is 6.39. The van der Waals surface area contributed by atoms with Crippen LogP contribution in [0, 0.1) is 0 Å². The van der Waals surface area contributed by atoms with E-state index in [1.807, 2.05) is 0 Å². The average molecular weight is 261 g/mol. The molecule has 0 bridgehead atoms. The summed E-state index contributed by atoms with van der Waals surface area (Å²) in [4.78, 5) is 0. The van der Waals surface area contributed by atoms with Gasteiger partial charge in [0.15, 0.2) is 0 Å². The zero-order chi connectivity index (χ0) is 13.9. The van der Waals surface area contributed by atoms with Crippen LogP contribution in [0.2, 0.25) is 0 Å². The van der Waals surface area contributed by atoms with E-state index in [-0.39, 0.29) is 11.6 Å². The Hall–Kier alpha value is -0.860. The Morgan fingerprint density at radius 3 is 2.53 bits per heavy atom. The van der Waals surface area contributed by atoms with Gasteiger partial charge in [0.2, 0.25) is 0 Å². The van der Waals surface area contributed by atoms with Gasteiger partial charge in [0.25, 0.3) is 0 Å². The minimum absolute atomic E-state index is 0.0803. The fourth-order valence-electron chi connectivity index (χ4n) is 2.82. The first-order chi connectivity index (χ1) is 9.02. The molecule has 0 radical (unpaired) electrons. The van der Waals surface area contributed by atoms with Crippen molar-refractivity contribution in [2.75, 3.05) is 6.61 Å². The molecule has 0 saturated carbocycles. The molecule has 2 atom stereocenters. The number of ether oxygens (including phenoxy) is 1. The zero-order valence-corrected chi connectivity index (χ0v) is 12.7. The van der Waals surface area contributed by atoms with Gasteiger partial charge in [0, 0.05) is 11.6 Å². The van der Waals surface area contributed by atoms with E-state index in [0.717, 1.165) is 6.61 Å². The molecule has 1 fully saturated rings. The third-order valence-corrected chi connectivity index (χ3v) is 3.82. The van der Waals surface area contributed by atoms with Crippen molar-refractivity contribution in [2.45, 2.75) is 64.6 Å². The van der Waals surface area contributed by atoms with Gasteiger partial charge in [-0.2, -0.15) is 0 Å². The molecular formula is C17H27NO. The van der Waals surface area contributed by atoms with Crippen LogP contribution in [0.15, 0.2) is 24.3 Å². The van der Waals surface area contributed by atoms with Crippen molar-refractivity contribution in [1.82, 2.24) is 5.32 Å². The maximum Gasteiger partial charge on any atom is 0.0976 e. The van der Waals surface area contributed by atoms with Gasteiger partial charge in [-0.05, 0) is 44.7 Å². The molecule has 1 aromatic carbocycles. The van der Waals surface area contributed by atoms with Crippen LogP contribution in [0.4, 0.5) is 0 Å². The molecule has 1 heterocycles. The van der Waals surface area contributed by atoms with Crippen LogP contribution in [-0.2, 0) is 11.2 Å². The Balaban J connectivity index is 2.02. The Bertz CT molecular complexity index is 396. The second-order valence-electron chi connectivity index (χ2n) is 6.39. The van der Waals surface area contributed by atoms with Crippen LogP contribution >= 0.6 is 0 Å². The number of hydrogen-bond donors (Lipinski definition) is 1. The Labute approximate surface area is 117 Å². The summed E-state index contributed by atoms with van der Waals surface area (Å²) in [7, 11) is 0. The van der Waals surface area contributed by atoms with Crippen molar-refractivity contribution in [2.24, 2.45) is 0 Å². The standard InChI is InChI=1S/C17H27NO/c1-5-6-7-14-8-10-15(11-9-14)16-13(2)18-17(3,4)12-19-16/h8-11,13,16,18H,5-7,12H2,1-4H3. The number of morpholine rings is 1. The van der Waals surface area contributed by atoms with E-state index in [2.05, 4.69) is 57.3 Å². The summed E-state index contributed by atoms with van der Waals surface area (Å²) < 4.78 is 6.05. The van der Waals surface area contributed by atoms with E-state index in [4.69, 9.17) is 4.74 Å². The number of aryl methyl sites for hydroxylation is 1. The minimum Gasteiger partial charge on any atom is -0.370 e. The molecule has 2 rings (SSSR count). The predicted molar refractivity (Wildman–Crippen MR) is 80.4 cm³/mol. The van der Waals surface area contributed by atoms with Crippen LogP contribution in [-0.4, -0.2) is 18.2 Å². The van der Waals surface area contributed by atoms with Crippen molar-refractivity contribution in [3.8, 4) is 0 Å². The maximum absolute atomic E-state index is 6.05. The second kappa shape index (κ2) is 6.06. The molecule has 2 unspecified atom stereocenters. The van der Waals surface area contributed by atoms with Crippen molar-refractivity contribution < 1.29 is 4.74 Å². The van der Waals surface area contributed by atoms with Gasteiger partial charge in [-0.25, -0.2) is 0 Å². The summed E-state index contributed by atoms with van der Waals surface area (Å²) in [5.41, 5.74) is 2.80. The van der Waals surface area contributed by atoms with Crippen LogP contribution in [0.5, 0.6) is 0 Å². The number of rotatable bonds is 4. The smallest absolute Gasteiger partial charge is 0.0976 e. The fourth-order valence-corrected chi connectivity index (χ4v) is 2.82. The molecule has 1 N–H and O–H groups in total. The fraction of sp³-hybridized carbons (Fsp3) is 0.647. The van der Waals surface area contributed by atoms with E-state index in [1.54, 1.807) is 0 Å². The van der Waals surface area contributed by atoms with Gasteiger partial charge in [0.05, 0.1) is 12.7 Å². The summed E-state index contributed by atoms with van der Waals surface area (Å²) in [5, 5.41) is 3.63. The highest BCUT2D eigenvalue weighted by Gasteiger charge is 2.33. The van der Waals surface area contributed by atoms with E-state index >= 15 is 0 Å². The van der Waals surface area contributed by atoms with E-state index < -0.39 is 0 Å². The van der Waals surface area contributed by atoms with E-state index in [0.29, 0.717) is 6.04 Å². The monoisotopic (exact) mass is 261 g/mol. The average Bonchev–Trinajstić information content (AvgIpc) is 2.36. The SMILES string of the molecule is CCCCc1ccc(C2OCC(C)(C)NC2C)cc1. The molecule has 1 aliphatic rings. The lowest BCUT2D eigenvalue weighted by atomic mass is 9.95. The van der Waals surface area contributed by atoms with Crippen molar-refractivity contribution in [3.05, 3.63) is 35.4 Å². The summed E-state index contributed by atoms with van der Waals surface area (Å²) in [6.07, 6.45) is 3.88. The normalized spacial score (nSPS) is 26.3. The van der Waals surface area contributed by atoms with Gasteiger partial charge >= 0.3 is 0 Å².